The highest BCUT2D eigenvalue weighted by Gasteiger charge is 2.31. The standard InChI is InChI=1S/C18H22N6O/c25-18(14-4-3-5-14)24-10-8-23(9-11-24)17-12-16(20-13-21-17)22-15-6-1-2-7-19-15/h1-2,6-7,12-14H,3-5,8-11H2,(H,19,20,21,22). The highest BCUT2D eigenvalue weighted by Crippen LogP contribution is 2.29. The fraction of sp³-hybridized carbons (Fsp3) is 0.444. The molecule has 0 bridgehead atoms. The monoisotopic (exact) mass is 338 g/mol. The molecule has 3 heterocycles. The van der Waals surface area contributed by atoms with E-state index in [4.69, 9.17) is 0 Å². The lowest BCUT2D eigenvalue weighted by atomic mass is 9.84. The topological polar surface area (TPSA) is 74.2 Å². The van der Waals surface area contributed by atoms with Gasteiger partial charge >= 0.3 is 0 Å². The quantitative estimate of drug-likeness (QED) is 0.920. The molecule has 2 aromatic heterocycles. The van der Waals surface area contributed by atoms with Gasteiger partial charge in [-0.2, -0.15) is 0 Å². The van der Waals surface area contributed by atoms with Crippen molar-refractivity contribution < 1.29 is 4.79 Å². The van der Waals surface area contributed by atoms with E-state index in [9.17, 15) is 4.79 Å². The summed E-state index contributed by atoms with van der Waals surface area (Å²) in [4.78, 5) is 29.5. The Kier molecular flexibility index (Phi) is 4.45. The van der Waals surface area contributed by atoms with Crippen LogP contribution in [0.5, 0.6) is 0 Å². The second-order valence-corrected chi connectivity index (χ2v) is 6.54. The maximum Gasteiger partial charge on any atom is 0.225 e. The van der Waals surface area contributed by atoms with Crippen LogP contribution in [0.25, 0.3) is 0 Å². The van der Waals surface area contributed by atoms with Gasteiger partial charge in [0, 0.05) is 44.4 Å². The molecule has 4 rings (SSSR count). The number of pyridine rings is 1. The minimum Gasteiger partial charge on any atom is -0.353 e. The number of carbonyl (C=O) groups is 1. The molecule has 7 heteroatoms. The minimum atomic E-state index is 0.278. The van der Waals surface area contributed by atoms with Crippen molar-refractivity contribution >= 4 is 23.4 Å². The fourth-order valence-electron chi connectivity index (χ4n) is 3.23. The van der Waals surface area contributed by atoms with Crippen LogP contribution in [0, 0.1) is 5.92 Å². The molecule has 1 N–H and O–H groups in total. The van der Waals surface area contributed by atoms with Crippen molar-refractivity contribution in [3.63, 3.8) is 0 Å². The summed E-state index contributed by atoms with van der Waals surface area (Å²) in [5, 5.41) is 3.19. The summed E-state index contributed by atoms with van der Waals surface area (Å²) in [5.74, 6) is 2.97. The second kappa shape index (κ2) is 7.04. The molecule has 0 radical (unpaired) electrons. The Hall–Kier alpha value is -2.70. The minimum absolute atomic E-state index is 0.278. The Morgan fingerprint density at radius 2 is 1.88 bits per heavy atom. The molecule has 1 aliphatic carbocycles. The first-order valence-corrected chi connectivity index (χ1v) is 8.83. The lowest BCUT2D eigenvalue weighted by Crippen LogP contribution is -2.51. The van der Waals surface area contributed by atoms with Gasteiger partial charge in [-0.05, 0) is 25.0 Å². The van der Waals surface area contributed by atoms with Gasteiger partial charge in [-0.3, -0.25) is 4.79 Å². The zero-order valence-corrected chi connectivity index (χ0v) is 14.1. The highest BCUT2D eigenvalue weighted by molar-refractivity contribution is 5.79. The highest BCUT2D eigenvalue weighted by atomic mass is 16.2. The van der Waals surface area contributed by atoms with Crippen molar-refractivity contribution in [2.75, 3.05) is 36.4 Å². The average Bonchev–Trinajstić information content (AvgIpc) is 2.61. The van der Waals surface area contributed by atoms with Gasteiger partial charge in [0.1, 0.15) is 23.8 Å². The lowest BCUT2D eigenvalue weighted by molar-refractivity contribution is -0.138. The van der Waals surface area contributed by atoms with Crippen LogP contribution < -0.4 is 10.2 Å². The summed E-state index contributed by atoms with van der Waals surface area (Å²) >= 11 is 0. The number of amides is 1. The smallest absolute Gasteiger partial charge is 0.225 e. The van der Waals surface area contributed by atoms with Crippen LogP contribution in [0.1, 0.15) is 19.3 Å². The molecule has 1 saturated carbocycles. The third-order valence-corrected chi connectivity index (χ3v) is 4.94. The molecule has 25 heavy (non-hydrogen) atoms. The van der Waals surface area contributed by atoms with E-state index in [0.717, 1.165) is 56.5 Å². The zero-order chi connectivity index (χ0) is 17.1. The van der Waals surface area contributed by atoms with Crippen LogP contribution in [0.2, 0.25) is 0 Å². The Balaban J connectivity index is 1.38. The largest absolute Gasteiger partial charge is 0.353 e. The molecule has 1 aliphatic heterocycles. The van der Waals surface area contributed by atoms with Gasteiger partial charge in [0.25, 0.3) is 0 Å². The third-order valence-electron chi connectivity index (χ3n) is 4.94. The first-order valence-electron chi connectivity index (χ1n) is 8.83. The number of hydrogen-bond donors (Lipinski definition) is 1. The van der Waals surface area contributed by atoms with E-state index in [-0.39, 0.29) is 5.92 Å². The normalized spacial score (nSPS) is 17.9. The van der Waals surface area contributed by atoms with Gasteiger partial charge in [0.2, 0.25) is 5.91 Å². The van der Waals surface area contributed by atoms with Crippen molar-refractivity contribution in [3.8, 4) is 0 Å². The predicted octanol–water partition coefficient (Wildman–Crippen LogP) is 2.06. The summed E-state index contributed by atoms with van der Waals surface area (Å²) in [6, 6.07) is 7.63. The van der Waals surface area contributed by atoms with E-state index in [1.54, 1.807) is 12.5 Å². The molecule has 1 amide bonds. The molecular weight excluding hydrogens is 316 g/mol. The summed E-state index contributed by atoms with van der Waals surface area (Å²) < 4.78 is 0. The number of piperazine rings is 1. The van der Waals surface area contributed by atoms with E-state index in [1.807, 2.05) is 29.2 Å². The van der Waals surface area contributed by atoms with Gasteiger partial charge in [-0.25, -0.2) is 15.0 Å². The molecule has 130 valence electrons. The van der Waals surface area contributed by atoms with E-state index in [0.29, 0.717) is 5.91 Å². The molecule has 0 aromatic carbocycles. The summed E-state index contributed by atoms with van der Waals surface area (Å²) in [6.07, 6.45) is 6.62. The lowest BCUT2D eigenvalue weighted by Gasteiger charge is -2.38. The number of rotatable bonds is 4. The summed E-state index contributed by atoms with van der Waals surface area (Å²) in [7, 11) is 0. The van der Waals surface area contributed by atoms with Crippen molar-refractivity contribution in [1.82, 2.24) is 19.9 Å². The number of aromatic nitrogens is 3. The van der Waals surface area contributed by atoms with Crippen LogP contribution in [-0.2, 0) is 4.79 Å². The van der Waals surface area contributed by atoms with Gasteiger partial charge in [0.05, 0.1) is 0 Å². The van der Waals surface area contributed by atoms with Crippen molar-refractivity contribution in [1.29, 1.82) is 0 Å². The Morgan fingerprint density at radius 3 is 2.56 bits per heavy atom. The van der Waals surface area contributed by atoms with Crippen LogP contribution in [0.3, 0.4) is 0 Å². The van der Waals surface area contributed by atoms with E-state index in [1.165, 1.54) is 6.42 Å². The maximum atomic E-state index is 12.3. The number of carbonyl (C=O) groups excluding carboxylic acids is 1. The van der Waals surface area contributed by atoms with Crippen molar-refractivity contribution in [3.05, 3.63) is 36.8 Å². The first-order chi connectivity index (χ1) is 12.3. The average molecular weight is 338 g/mol. The Bertz CT molecular complexity index is 725. The molecule has 2 fully saturated rings. The number of anilines is 3. The number of hydrogen-bond acceptors (Lipinski definition) is 6. The maximum absolute atomic E-state index is 12.3. The molecule has 0 atom stereocenters. The van der Waals surface area contributed by atoms with Crippen LogP contribution in [0.15, 0.2) is 36.8 Å². The summed E-state index contributed by atoms with van der Waals surface area (Å²) in [5.41, 5.74) is 0. The Morgan fingerprint density at radius 1 is 1.04 bits per heavy atom. The molecule has 7 nitrogen and oxygen atoms in total. The van der Waals surface area contributed by atoms with Gasteiger partial charge in [-0.1, -0.05) is 12.5 Å². The van der Waals surface area contributed by atoms with Gasteiger partial charge in [0.15, 0.2) is 0 Å². The third kappa shape index (κ3) is 3.55. The van der Waals surface area contributed by atoms with E-state index in [2.05, 4.69) is 25.2 Å². The SMILES string of the molecule is O=C(C1CCC1)N1CCN(c2cc(Nc3ccccn3)ncn2)CC1. The molecule has 2 aliphatic rings. The molecule has 0 spiro atoms. The van der Waals surface area contributed by atoms with Crippen LogP contribution in [-0.4, -0.2) is 51.9 Å². The Labute approximate surface area is 147 Å². The van der Waals surface area contributed by atoms with Crippen LogP contribution >= 0.6 is 0 Å². The number of nitrogens with zero attached hydrogens (tertiary/aromatic N) is 5. The van der Waals surface area contributed by atoms with Gasteiger partial charge < -0.3 is 15.1 Å². The summed E-state index contributed by atoms with van der Waals surface area (Å²) in [6.45, 7) is 3.14. The van der Waals surface area contributed by atoms with Crippen molar-refractivity contribution in [2.45, 2.75) is 19.3 Å². The first kappa shape index (κ1) is 15.8. The van der Waals surface area contributed by atoms with Crippen molar-refractivity contribution in [2.24, 2.45) is 5.92 Å². The molecule has 1 saturated heterocycles. The van der Waals surface area contributed by atoms with Gasteiger partial charge in [-0.15, -0.1) is 0 Å². The number of nitrogens with one attached hydrogen (secondary N) is 1. The fourth-order valence-corrected chi connectivity index (χ4v) is 3.23. The van der Waals surface area contributed by atoms with Crippen LogP contribution in [0.4, 0.5) is 17.5 Å². The molecule has 2 aromatic rings. The zero-order valence-electron chi connectivity index (χ0n) is 14.1. The predicted molar refractivity (Wildman–Crippen MR) is 95.7 cm³/mol. The molecule has 0 unspecified atom stereocenters. The van der Waals surface area contributed by atoms with E-state index < -0.39 is 0 Å². The van der Waals surface area contributed by atoms with E-state index >= 15 is 0 Å². The second-order valence-electron chi connectivity index (χ2n) is 6.54. The molecular formula is C18H22N6O.